The standard InChI is InChI=1S/C23H42O2Si/c1-5-6-7-8-9-10-11-12-13-14-15-16-17-18-19-20-21-22-23(24)25-26(2,3)4/h12-13,15-16,18-19H,5-11,14,17,20-22H2,1-4H3/b13-12-,16-15-,19-18-. The zero-order valence-electron chi connectivity index (χ0n) is 17.8. The lowest BCUT2D eigenvalue weighted by Crippen LogP contribution is -2.28. The second-order valence-electron chi connectivity index (χ2n) is 7.92. The van der Waals surface area contributed by atoms with Crippen molar-refractivity contribution in [2.75, 3.05) is 0 Å². The van der Waals surface area contributed by atoms with Crippen LogP contribution in [-0.2, 0) is 9.22 Å². The van der Waals surface area contributed by atoms with E-state index in [1.165, 1.54) is 44.9 Å². The highest BCUT2D eigenvalue weighted by atomic mass is 28.4. The Balaban J connectivity index is 3.45. The van der Waals surface area contributed by atoms with Gasteiger partial charge < -0.3 is 4.43 Å². The molecule has 0 saturated heterocycles. The average molecular weight is 379 g/mol. The lowest BCUT2D eigenvalue weighted by atomic mass is 10.1. The molecule has 0 aromatic rings. The molecular formula is C23H42O2Si. The Kier molecular flexibility index (Phi) is 16.6. The van der Waals surface area contributed by atoms with E-state index in [2.05, 4.69) is 43.4 Å². The Morgan fingerprint density at radius 1 is 0.731 bits per heavy atom. The van der Waals surface area contributed by atoms with E-state index in [1.807, 2.05) is 19.6 Å². The van der Waals surface area contributed by atoms with Crippen LogP contribution in [0.1, 0.15) is 84.0 Å². The molecule has 0 aromatic heterocycles. The average Bonchev–Trinajstić information content (AvgIpc) is 2.56. The summed E-state index contributed by atoms with van der Waals surface area (Å²) in [6, 6.07) is 0. The van der Waals surface area contributed by atoms with Crippen LogP contribution in [0.3, 0.4) is 0 Å². The first-order valence-corrected chi connectivity index (χ1v) is 14.0. The summed E-state index contributed by atoms with van der Waals surface area (Å²) in [6.45, 7) is 8.39. The van der Waals surface area contributed by atoms with Gasteiger partial charge in [-0.25, -0.2) is 0 Å². The minimum atomic E-state index is -1.71. The van der Waals surface area contributed by atoms with Crippen molar-refractivity contribution in [2.24, 2.45) is 0 Å². The molecule has 0 N–H and O–H groups in total. The van der Waals surface area contributed by atoms with Crippen molar-refractivity contribution in [1.82, 2.24) is 0 Å². The molecule has 2 nitrogen and oxygen atoms in total. The monoisotopic (exact) mass is 378 g/mol. The van der Waals surface area contributed by atoms with Crippen molar-refractivity contribution in [1.29, 1.82) is 0 Å². The highest BCUT2D eigenvalue weighted by Gasteiger charge is 2.19. The highest BCUT2D eigenvalue weighted by Crippen LogP contribution is 2.08. The summed E-state index contributed by atoms with van der Waals surface area (Å²) in [6.07, 6.45) is 27.2. The number of unbranched alkanes of at least 4 members (excludes halogenated alkanes) is 7. The molecule has 0 heterocycles. The Morgan fingerprint density at radius 3 is 1.81 bits per heavy atom. The fourth-order valence-corrected chi connectivity index (χ4v) is 3.36. The normalized spacial score (nSPS) is 12.6. The van der Waals surface area contributed by atoms with E-state index in [0.29, 0.717) is 6.42 Å². The van der Waals surface area contributed by atoms with Crippen LogP contribution in [0.15, 0.2) is 36.5 Å². The van der Waals surface area contributed by atoms with Crippen molar-refractivity contribution < 1.29 is 9.22 Å². The molecule has 0 saturated carbocycles. The molecular weight excluding hydrogens is 336 g/mol. The Hall–Kier alpha value is -1.09. The summed E-state index contributed by atoms with van der Waals surface area (Å²) < 4.78 is 5.42. The van der Waals surface area contributed by atoms with Gasteiger partial charge in [-0.1, -0.05) is 75.5 Å². The molecule has 0 aliphatic rings. The van der Waals surface area contributed by atoms with E-state index in [-0.39, 0.29) is 5.97 Å². The number of hydrogen-bond donors (Lipinski definition) is 0. The summed E-state index contributed by atoms with van der Waals surface area (Å²) in [4.78, 5) is 11.6. The third kappa shape index (κ3) is 21.0. The minimum Gasteiger partial charge on any atom is -0.520 e. The second-order valence-corrected chi connectivity index (χ2v) is 12.3. The van der Waals surface area contributed by atoms with Crippen LogP contribution >= 0.6 is 0 Å². The van der Waals surface area contributed by atoms with Crippen molar-refractivity contribution in [3.05, 3.63) is 36.5 Å². The van der Waals surface area contributed by atoms with Crippen LogP contribution in [0, 0.1) is 0 Å². The predicted molar refractivity (Wildman–Crippen MR) is 118 cm³/mol. The number of rotatable bonds is 16. The lowest BCUT2D eigenvalue weighted by Gasteiger charge is -2.16. The maximum atomic E-state index is 11.6. The van der Waals surface area contributed by atoms with E-state index < -0.39 is 8.32 Å². The van der Waals surface area contributed by atoms with Crippen LogP contribution in [0.25, 0.3) is 0 Å². The van der Waals surface area contributed by atoms with Gasteiger partial charge in [0.2, 0.25) is 8.32 Å². The van der Waals surface area contributed by atoms with E-state index in [1.54, 1.807) is 0 Å². The van der Waals surface area contributed by atoms with E-state index in [9.17, 15) is 4.79 Å². The molecule has 26 heavy (non-hydrogen) atoms. The van der Waals surface area contributed by atoms with E-state index in [0.717, 1.165) is 25.7 Å². The van der Waals surface area contributed by atoms with Crippen molar-refractivity contribution in [3.63, 3.8) is 0 Å². The number of carbonyl (C=O) groups is 1. The van der Waals surface area contributed by atoms with Crippen LogP contribution in [0.5, 0.6) is 0 Å². The quantitative estimate of drug-likeness (QED) is 0.156. The molecule has 0 fully saturated rings. The van der Waals surface area contributed by atoms with Gasteiger partial charge in [0.1, 0.15) is 0 Å². The second kappa shape index (κ2) is 17.3. The van der Waals surface area contributed by atoms with E-state index >= 15 is 0 Å². The molecule has 0 aliphatic carbocycles. The van der Waals surface area contributed by atoms with Crippen molar-refractivity contribution in [2.45, 2.75) is 104 Å². The Labute approximate surface area is 163 Å². The molecule has 0 unspecified atom stereocenters. The topological polar surface area (TPSA) is 26.3 Å². The number of hydrogen-bond acceptors (Lipinski definition) is 2. The lowest BCUT2D eigenvalue weighted by molar-refractivity contribution is -0.135. The van der Waals surface area contributed by atoms with Gasteiger partial charge in [-0.15, -0.1) is 0 Å². The van der Waals surface area contributed by atoms with Crippen LogP contribution in [-0.4, -0.2) is 14.3 Å². The van der Waals surface area contributed by atoms with Crippen LogP contribution in [0.2, 0.25) is 19.6 Å². The smallest absolute Gasteiger partial charge is 0.292 e. The largest absolute Gasteiger partial charge is 0.520 e. The van der Waals surface area contributed by atoms with Crippen molar-refractivity contribution >= 4 is 14.3 Å². The molecule has 0 atom stereocenters. The molecule has 0 spiro atoms. The fraction of sp³-hybridized carbons (Fsp3) is 0.696. The minimum absolute atomic E-state index is 0.0368. The van der Waals surface area contributed by atoms with Gasteiger partial charge in [0.25, 0.3) is 5.97 Å². The molecule has 0 bridgehead atoms. The molecule has 3 heteroatoms. The summed E-state index contributed by atoms with van der Waals surface area (Å²) in [5, 5.41) is 0. The molecule has 0 aromatic carbocycles. The zero-order valence-corrected chi connectivity index (χ0v) is 18.8. The Bertz CT molecular complexity index is 416. The summed E-state index contributed by atoms with van der Waals surface area (Å²) in [7, 11) is -1.71. The summed E-state index contributed by atoms with van der Waals surface area (Å²) >= 11 is 0. The van der Waals surface area contributed by atoms with E-state index in [4.69, 9.17) is 4.43 Å². The Morgan fingerprint density at radius 2 is 1.23 bits per heavy atom. The summed E-state index contributed by atoms with van der Waals surface area (Å²) in [5.41, 5.74) is 0. The molecule has 0 radical (unpaired) electrons. The zero-order chi connectivity index (χ0) is 19.5. The first kappa shape index (κ1) is 24.9. The number of carbonyl (C=O) groups excluding carboxylic acids is 1. The van der Waals surface area contributed by atoms with Gasteiger partial charge >= 0.3 is 0 Å². The molecule has 0 aliphatic heterocycles. The van der Waals surface area contributed by atoms with Gasteiger partial charge in [-0.2, -0.15) is 0 Å². The predicted octanol–water partition coefficient (Wildman–Crippen LogP) is 7.73. The fourth-order valence-electron chi connectivity index (χ4n) is 2.58. The third-order valence-electron chi connectivity index (χ3n) is 3.94. The van der Waals surface area contributed by atoms with Crippen molar-refractivity contribution in [3.8, 4) is 0 Å². The molecule has 0 amide bonds. The van der Waals surface area contributed by atoms with Gasteiger partial charge in [0, 0.05) is 6.42 Å². The third-order valence-corrected chi connectivity index (χ3v) is 4.78. The summed E-state index contributed by atoms with van der Waals surface area (Å²) in [5.74, 6) is -0.0368. The molecule has 0 rings (SSSR count). The first-order valence-electron chi connectivity index (χ1n) is 10.6. The van der Waals surface area contributed by atoms with Crippen LogP contribution in [0.4, 0.5) is 0 Å². The van der Waals surface area contributed by atoms with Gasteiger partial charge in [-0.3, -0.25) is 4.79 Å². The van der Waals surface area contributed by atoms with Crippen LogP contribution < -0.4 is 0 Å². The first-order chi connectivity index (χ1) is 12.5. The number of allylic oxidation sites excluding steroid dienone is 6. The van der Waals surface area contributed by atoms with Gasteiger partial charge in [0.15, 0.2) is 0 Å². The maximum absolute atomic E-state index is 11.6. The SMILES string of the molecule is CCCCCCCC/C=C\C/C=C\C/C=C\CCCC(=O)O[Si](C)(C)C. The maximum Gasteiger partial charge on any atom is 0.292 e. The van der Waals surface area contributed by atoms with Gasteiger partial charge in [-0.05, 0) is 58.2 Å². The van der Waals surface area contributed by atoms with Gasteiger partial charge in [0.05, 0.1) is 0 Å². The highest BCUT2D eigenvalue weighted by molar-refractivity contribution is 6.71. The molecule has 150 valence electrons.